The normalized spacial score (nSPS) is 12.0. The quantitative estimate of drug-likeness (QED) is 0.689. The molecule has 0 spiro atoms. The highest BCUT2D eigenvalue weighted by molar-refractivity contribution is 5.97. The molecule has 0 bridgehead atoms. The zero-order valence-corrected chi connectivity index (χ0v) is 16.8. The van der Waals surface area contributed by atoms with E-state index >= 15 is 0 Å². The van der Waals surface area contributed by atoms with Gasteiger partial charge < -0.3 is 5.32 Å². The highest BCUT2D eigenvalue weighted by Crippen LogP contribution is 2.25. The van der Waals surface area contributed by atoms with E-state index in [1.165, 1.54) is 6.92 Å². The molecule has 0 radical (unpaired) electrons. The largest absolute Gasteiger partial charge is 0.324 e. The molecule has 0 aliphatic heterocycles. The van der Waals surface area contributed by atoms with Crippen molar-refractivity contribution in [1.82, 2.24) is 4.57 Å². The van der Waals surface area contributed by atoms with E-state index in [-0.39, 0.29) is 17.2 Å². The van der Waals surface area contributed by atoms with Crippen LogP contribution in [0.2, 0.25) is 0 Å². The summed E-state index contributed by atoms with van der Waals surface area (Å²) in [6, 6.07) is 11.7. The minimum Gasteiger partial charge on any atom is -0.324 e. The lowest BCUT2D eigenvalue weighted by Crippen LogP contribution is -2.32. The van der Waals surface area contributed by atoms with Crippen LogP contribution in [0.5, 0.6) is 0 Å². The highest BCUT2D eigenvalue weighted by Gasteiger charge is 2.20. The summed E-state index contributed by atoms with van der Waals surface area (Å²) < 4.78 is 1.55. The second kappa shape index (κ2) is 7.43. The van der Waals surface area contributed by atoms with E-state index in [0.717, 1.165) is 27.6 Å². The van der Waals surface area contributed by atoms with Gasteiger partial charge in [0.25, 0.3) is 5.56 Å². The van der Waals surface area contributed by atoms with Crippen molar-refractivity contribution in [2.75, 3.05) is 5.32 Å². The van der Waals surface area contributed by atoms with Gasteiger partial charge in [-0.05, 0) is 76.1 Å². The first-order chi connectivity index (χ1) is 13.2. The molecule has 0 aliphatic carbocycles. The molecule has 0 fully saturated rings. The van der Waals surface area contributed by atoms with Gasteiger partial charge in [-0.1, -0.05) is 11.6 Å². The van der Waals surface area contributed by atoms with Crippen molar-refractivity contribution in [3.8, 4) is 0 Å². The van der Waals surface area contributed by atoms with Gasteiger partial charge in [0, 0.05) is 22.7 Å². The summed E-state index contributed by atoms with van der Waals surface area (Å²) in [4.78, 5) is 37.0. The number of fused-ring (bicyclic) bond motifs is 1. The van der Waals surface area contributed by atoms with E-state index in [1.54, 1.807) is 41.8 Å². The van der Waals surface area contributed by atoms with E-state index < -0.39 is 6.04 Å². The van der Waals surface area contributed by atoms with Gasteiger partial charge in [0.05, 0.1) is 5.52 Å². The Hall–Kier alpha value is -3.21. The molecular formula is C23H24N2O3. The average molecular weight is 376 g/mol. The molecule has 5 heteroatoms. The van der Waals surface area contributed by atoms with Crippen LogP contribution >= 0.6 is 0 Å². The Kier molecular flexibility index (Phi) is 5.18. The molecule has 1 heterocycles. The van der Waals surface area contributed by atoms with Gasteiger partial charge in [0.15, 0.2) is 5.78 Å². The van der Waals surface area contributed by atoms with E-state index in [4.69, 9.17) is 0 Å². The Morgan fingerprint density at radius 1 is 0.964 bits per heavy atom. The molecule has 1 N–H and O–H groups in total. The standard InChI is InChI=1S/C23H24N2O3/c1-13-10-15(3)22-20(11-13)14(2)12-21(27)25(22)16(4)23(28)24-19-8-6-18(7-9-19)17(5)26/h6-12,16H,1-5H3,(H,24,28). The smallest absolute Gasteiger partial charge is 0.252 e. The predicted octanol–water partition coefficient (Wildman–Crippen LogP) is 4.33. The van der Waals surface area contributed by atoms with Crippen LogP contribution in [0.1, 0.15) is 46.9 Å². The summed E-state index contributed by atoms with van der Waals surface area (Å²) in [6.07, 6.45) is 0. The van der Waals surface area contributed by atoms with Gasteiger partial charge in [0.1, 0.15) is 6.04 Å². The maximum Gasteiger partial charge on any atom is 0.252 e. The number of nitrogens with zero attached hydrogens (tertiary/aromatic N) is 1. The van der Waals surface area contributed by atoms with Crippen LogP contribution < -0.4 is 10.9 Å². The average Bonchev–Trinajstić information content (AvgIpc) is 2.62. The van der Waals surface area contributed by atoms with Gasteiger partial charge >= 0.3 is 0 Å². The number of hydrogen-bond donors (Lipinski definition) is 1. The number of amides is 1. The molecule has 2 aromatic carbocycles. The van der Waals surface area contributed by atoms with Crippen LogP contribution in [0.3, 0.4) is 0 Å². The SMILES string of the molecule is CC(=O)c1ccc(NC(=O)C(C)n2c(=O)cc(C)c3cc(C)cc(C)c32)cc1. The lowest BCUT2D eigenvalue weighted by molar-refractivity contribution is -0.118. The maximum absolute atomic E-state index is 12.9. The number of pyridine rings is 1. The summed E-state index contributed by atoms with van der Waals surface area (Å²) in [5.41, 5.74) is 4.71. The molecule has 0 saturated carbocycles. The molecular weight excluding hydrogens is 352 g/mol. The molecule has 3 rings (SSSR count). The van der Waals surface area contributed by atoms with E-state index in [9.17, 15) is 14.4 Å². The Balaban J connectivity index is 2.01. The fourth-order valence-electron chi connectivity index (χ4n) is 3.56. The number of rotatable bonds is 4. The van der Waals surface area contributed by atoms with Crippen molar-refractivity contribution in [1.29, 1.82) is 0 Å². The minimum atomic E-state index is -0.690. The molecule has 0 saturated heterocycles. The Morgan fingerprint density at radius 2 is 1.61 bits per heavy atom. The highest BCUT2D eigenvalue weighted by atomic mass is 16.2. The number of carbonyl (C=O) groups excluding carboxylic acids is 2. The van der Waals surface area contributed by atoms with Crippen molar-refractivity contribution in [2.24, 2.45) is 0 Å². The third kappa shape index (κ3) is 3.60. The fourth-order valence-corrected chi connectivity index (χ4v) is 3.56. The van der Waals surface area contributed by atoms with E-state index in [2.05, 4.69) is 5.32 Å². The van der Waals surface area contributed by atoms with Crippen LogP contribution in [0.4, 0.5) is 5.69 Å². The number of aryl methyl sites for hydroxylation is 3. The summed E-state index contributed by atoms with van der Waals surface area (Å²) in [5, 5.41) is 3.81. The molecule has 1 atom stereocenters. The number of carbonyl (C=O) groups is 2. The zero-order valence-electron chi connectivity index (χ0n) is 16.8. The molecule has 28 heavy (non-hydrogen) atoms. The molecule has 0 aliphatic rings. The summed E-state index contributed by atoms with van der Waals surface area (Å²) in [7, 11) is 0. The second-order valence-electron chi connectivity index (χ2n) is 7.31. The summed E-state index contributed by atoms with van der Waals surface area (Å²) >= 11 is 0. The first-order valence-corrected chi connectivity index (χ1v) is 9.24. The van der Waals surface area contributed by atoms with Crippen molar-refractivity contribution in [3.63, 3.8) is 0 Å². The van der Waals surface area contributed by atoms with Crippen LogP contribution in [0.25, 0.3) is 10.9 Å². The van der Waals surface area contributed by atoms with Crippen LogP contribution in [0, 0.1) is 20.8 Å². The van der Waals surface area contributed by atoms with Gasteiger partial charge in [0.2, 0.25) is 5.91 Å². The number of hydrogen-bond acceptors (Lipinski definition) is 3. The first-order valence-electron chi connectivity index (χ1n) is 9.24. The lowest BCUT2D eigenvalue weighted by atomic mass is 10.0. The molecule has 1 aromatic heterocycles. The molecule has 1 unspecified atom stereocenters. The van der Waals surface area contributed by atoms with Crippen molar-refractivity contribution < 1.29 is 9.59 Å². The summed E-state index contributed by atoms with van der Waals surface area (Å²) in [6.45, 7) is 9.09. The van der Waals surface area contributed by atoms with Crippen LogP contribution in [-0.2, 0) is 4.79 Å². The van der Waals surface area contributed by atoms with Gasteiger partial charge in [-0.25, -0.2) is 0 Å². The third-order valence-electron chi connectivity index (χ3n) is 5.01. The van der Waals surface area contributed by atoms with Gasteiger partial charge in [-0.15, -0.1) is 0 Å². The zero-order chi connectivity index (χ0) is 20.6. The minimum absolute atomic E-state index is 0.0327. The Morgan fingerprint density at radius 3 is 2.21 bits per heavy atom. The summed E-state index contributed by atoms with van der Waals surface area (Å²) in [5.74, 6) is -0.322. The van der Waals surface area contributed by atoms with E-state index in [0.29, 0.717) is 11.3 Å². The molecule has 3 aromatic rings. The fraction of sp³-hybridized carbons (Fsp3) is 0.261. The number of nitrogens with one attached hydrogen (secondary N) is 1. The Labute approximate surface area is 164 Å². The first kappa shape index (κ1) is 19.5. The molecule has 1 amide bonds. The van der Waals surface area contributed by atoms with Crippen molar-refractivity contribution in [2.45, 2.75) is 40.7 Å². The number of aromatic nitrogens is 1. The number of ketones is 1. The molecule has 5 nitrogen and oxygen atoms in total. The lowest BCUT2D eigenvalue weighted by Gasteiger charge is -2.20. The third-order valence-corrected chi connectivity index (χ3v) is 5.01. The van der Waals surface area contributed by atoms with Gasteiger partial charge in [-0.2, -0.15) is 0 Å². The van der Waals surface area contributed by atoms with E-state index in [1.807, 2.05) is 32.9 Å². The van der Waals surface area contributed by atoms with Crippen LogP contribution in [-0.4, -0.2) is 16.3 Å². The van der Waals surface area contributed by atoms with Crippen LogP contribution in [0.15, 0.2) is 47.3 Å². The number of Topliss-reactive ketones (excluding diaryl/α,β-unsaturated/α-hetero) is 1. The number of benzene rings is 2. The topological polar surface area (TPSA) is 68.2 Å². The monoisotopic (exact) mass is 376 g/mol. The maximum atomic E-state index is 12.9. The Bertz CT molecular complexity index is 1140. The van der Waals surface area contributed by atoms with Crippen molar-refractivity contribution >= 4 is 28.3 Å². The van der Waals surface area contributed by atoms with Gasteiger partial charge in [-0.3, -0.25) is 19.0 Å². The number of anilines is 1. The second-order valence-corrected chi connectivity index (χ2v) is 7.31. The predicted molar refractivity (Wildman–Crippen MR) is 112 cm³/mol. The van der Waals surface area contributed by atoms with Crippen molar-refractivity contribution in [3.05, 3.63) is 75.1 Å². The molecule has 144 valence electrons.